The number of amides is 1. The molecule has 0 radical (unpaired) electrons. The van der Waals surface area contributed by atoms with Gasteiger partial charge in [-0.25, -0.2) is 4.98 Å². The monoisotopic (exact) mass is 266 g/mol. The van der Waals surface area contributed by atoms with Gasteiger partial charge in [0.2, 0.25) is 0 Å². The lowest BCUT2D eigenvalue weighted by Gasteiger charge is -2.21. The molecule has 0 N–H and O–H groups in total. The molecule has 0 saturated carbocycles. The standard InChI is InChI=1S/C15H14N4O/c1-12-3-5-13(6-4-12)19(10-2-7-16)15(20)14-11-17-8-9-18-14/h3-6,8-9,11H,2,10H2,1H3. The lowest BCUT2D eigenvalue weighted by molar-refractivity contribution is 0.0982. The minimum absolute atomic E-state index is 0.253. The van der Waals surface area contributed by atoms with Crippen LogP contribution in [0.2, 0.25) is 0 Å². The van der Waals surface area contributed by atoms with Crippen molar-refractivity contribution in [1.29, 1.82) is 5.26 Å². The maximum absolute atomic E-state index is 12.5. The minimum atomic E-state index is -0.253. The number of anilines is 1. The van der Waals surface area contributed by atoms with Crippen molar-refractivity contribution in [2.24, 2.45) is 0 Å². The van der Waals surface area contributed by atoms with Gasteiger partial charge >= 0.3 is 0 Å². The Balaban J connectivity index is 2.30. The van der Waals surface area contributed by atoms with Gasteiger partial charge in [-0.2, -0.15) is 5.26 Å². The molecule has 20 heavy (non-hydrogen) atoms. The van der Waals surface area contributed by atoms with Crippen LogP contribution in [0.15, 0.2) is 42.9 Å². The number of nitriles is 1. The number of hydrogen-bond acceptors (Lipinski definition) is 4. The van der Waals surface area contributed by atoms with E-state index in [0.717, 1.165) is 11.3 Å². The van der Waals surface area contributed by atoms with Crippen LogP contribution >= 0.6 is 0 Å². The predicted octanol–water partition coefficient (Wildman–Crippen LogP) is 2.35. The molecule has 100 valence electrons. The fourth-order valence-corrected chi connectivity index (χ4v) is 1.78. The third-order valence-electron chi connectivity index (χ3n) is 2.82. The molecular weight excluding hydrogens is 252 g/mol. The van der Waals surface area contributed by atoms with Crippen molar-refractivity contribution in [3.8, 4) is 6.07 Å². The van der Waals surface area contributed by atoms with Crippen LogP contribution in [0, 0.1) is 18.3 Å². The number of aromatic nitrogens is 2. The van der Waals surface area contributed by atoms with Crippen LogP contribution in [0.4, 0.5) is 5.69 Å². The van der Waals surface area contributed by atoms with E-state index in [9.17, 15) is 4.79 Å². The number of nitrogens with zero attached hydrogens (tertiary/aromatic N) is 4. The molecule has 0 saturated heterocycles. The lowest BCUT2D eigenvalue weighted by Crippen LogP contribution is -2.32. The second-order valence-electron chi connectivity index (χ2n) is 4.29. The average Bonchev–Trinajstić information content (AvgIpc) is 2.50. The van der Waals surface area contributed by atoms with E-state index in [2.05, 4.69) is 16.0 Å². The first-order valence-corrected chi connectivity index (χ1v) is 6.24. The summed E-state index contributed by atoms with van der Waals surface area (Å²) in [7, 11) is 0. The summed E-state index contributed by atoms with van der Waals surface area (Å²) in [5.74, 6) is -0.253. The summed E-state index contributed by atoms with van der Waals surface area (Å²) in [6.07, 6.45) is 4.68. The van der Waals surface area contributed by atoms with E-state index in [0.29, 0.717) is 6.54 Å². The SMILES string of the molecule is Cc1ccc(N(CCC#N)C(=O)c2cnccn2)cc1. The van der Waals surface area contributed by atoms with E-state index in [4.69, 9.17) is 5.26 Å². The van der Waals surface area contributed by atoms with Gasteiger partial charge in [-0.1, -0.05) is 17.7 Å². The summed E-state index contributed by atoms with van der Waals surface area (Å²) in [6.45, 7) is 2.31. The Morgan fingerprint density at radius 2 is 2.05 bits per heavy atom. The normalized spacial score (nSPS) is 9.80. The van der Waals surface area contributed by atoms with Crippen LogP contribution in [0.25, 0.3) is 0 Å². The quantitative estimate of drug-likeness (QED) is 0.851. The van der Waals surface area contributed by atoms with E-state index in [1.165, 1.54) is 18.6 Å². The molecule has 0 atom stereocenters. The highest BCUT2D eigenvalue weighted by Gasteiger charge is 2.18. The van der Waals surface area contributed by atoms with Crippen LogP contribution < -0.4 is 4.90 Å². The van der Waals surface area contributed by atoms with E-state index < -0.39 is 0 Å². The Hall–Kier alpha value is -2.74. The highest BCUT2D eigenvalue weighted by molar-refractivity contribution is 6.04. The van der Waals surface area contributed by atoms with Gasteiger partial charge in [0.05, 0.1) is 18.7 Å². The summed E-state index contributed by atoms with van der Waals surface area (Å²) in [6, 6.07) is 9.64. The Labute approximate surface area is 117 Å². The van der Waals surface area contributed by atoms with Gasteiger partial charge in [-0.15, -0.1) is 0 Å². The molecule has 0 aliphatic rings. The third-order valence-corrected chi connectivity index (χ3v) is 2.82. The first-order valence-electron chi connectivity index (χ1n) is 6.24. The highest BCUT2D eigenvalue weighted by Crippen LogP contribution is 2.17. The van der Waals surface area contributed by atoms with Gasteiger partial charge in [0, 0.05) is 24.6 Å². The molecule has 0 spiro atoms. The fourth-order valence-electron chi connectivity index (χ4n) is 1.78. The Morgan fingerprint density at radius 1 is 1.30 bits per heavy atom. The average molecular weight is 266 g/mol. The van der Waals surface area contributed by atoms with Crippen molar-refractivity contribution in [2.45, 2.75) is 13.3 Å². The molecule has 1 heterocycles. The number of rotatable bonds is 4. The number of benzene rings is 1. The molecule has 0 aliphatic heterocycles. The highest BCUT2D eigenvalue weighted by atomic mass is 16.2. The number of carbonyl (C=O) groups excluding carboxylic acids is 1. The summed E-state index contributed by atoms with van der Waals surface area (Å²) in [4.78, 5) is 21.9. The van der Waals surface area contributed by atoms with Crippen LogP contribution in [-0.4, -0.2) is 22.4 Å². The molecule has 5 nitrogen and oxygen atoms in total. The second kappa shape index (κ2) is 6.43. The smallest absolute Gasteiger partial charge is 0.278 e. The van der Waals surface area contributed by atoms with Crippen molar-refractivity contribution >= 4 is 11.6 Å². The summed E-state index contributed by atoms with van der Waals surface area (Å²) >= 11 is 0. The molecule has 1 aromatic heterocycles. The number of carbonyl (C=O) groups is 1. The van der Waals surface area contributed by atoms with E-state index in [-0.39, 0.29) is 18.0 Å². The molecule has 0 fully saturated rings. The predicted molar refractivity (Wildman–Crippen MR) is 75.1 cm³/mol. The fraction of sp³-hybridized carbons (Fsp3) is 0.200. The Morgan fingerprint density at radius 3 is 2.65 bits per heavy atom. The minimum Gasteiger partial charge on any atom is -0.306 e. The molecule has 2 aromatic rings. The van der Waals surface area contributed by atoms with Crippen LogP contribution in [0.5, 0.6) is 0 Å². The van der Waals surface area contributed by atoms with Crippen LogP contribution in [0.1, 0.15) is 22.5 Å². The van der Waals surface area contributed by atoms with Crippen molar-refractivity contribution in [3.63, 3.8) is 0 Å². The Kier molecular flexibility index (Phi) is 4.40. The van der Waals surface area contributed by atoms with Crippen molar-refractivity contribution in [1.82, 2.24) is 9.97 Å². The van der Waals surface area contributed by atoms with Gasteiger partial charge in [0.1, 0.15) is 5.69 Å². The summed E-state index contributed by atoms with van der Waals surface area (Å²) < 4.78 is 0. The van der Waals surface area contributed by atoms with Crippen LogP contribution in [-0.2, 0) is 0 Å². The molecule has 0 bridgehead atoms. The van der Waals surface area contributed by atoms with Gasteiger partial charge < -0.3 is 4.90 Å². The zero-order chi connectivity index (χ0) is 14.4. The van der Waals surface area contributed by atoms with Gasteiger partial charge in [-0.05, 0) is 19.1 Å². The van der Waals surface area contributed by atoms with E-state index >= 15 is 0 Å². The number of aryl methyl sites for hydroxylation is 1. The van der Waals surface area contributed by atoms with Gasteiger partial charge in [-0.3, -0.25) is 9.78 Å². The maximum atomic E-state index is 12.5. The van der Waals surface area contributed by atoms with E-state index in [1.807, 2.05) is 31.2 Å². The van der Waals surface area contributed by atoms with Gasteiger partial charge in [0.25, 0.3) is 5.91 Å². The molecule has 1 aromatic carbocycles. The zero-order valence-electron chi connectivity index (χ0n) is 11.2. The van der Waals surface area contributed by atoms with Gasteiger partial charge in [0.15, 0.2) is 0 Å². The molecular formula is C15H14N4O. The first kappa shape index (κ1) is 13.7. The largest absolute Gasteiger partial charge is 0.306 e. The first-order chi connectivity index (χ1) is 9.72. The van der Waals surface area contributed by atoms with Crippen molar-refractivity contribution in [3.05, 3.63) is 54.1 Å². The summed E-state index contributed by atoms with van der Waals surface area (Å²) in [5, 5.41) is 8.74. The molecule has 2 rings (SSSR count). The third kappa shape index (κ3) is 3.18. The number of hydrogen-bond donors (Lipinski definition) is 0. The molecule has 5 heteroatoms. The lowest BCUT2D eigenvalue weighted by atomic mass is 10.2. The Bertz CT molecular complexity index is 617. The van der Waals surface area contributed by atoms with E-state index in [1.54, 1.807) is 4.90 Å². The summed E-state index contributed by atoms with van der Waals surface area (Å²) in [5.41, 5.74) is 2.13. The topological polar surface area (TPSA) is 69.9 Å². The van der Waals surface area contributed by atoms with Crippen LogP contribution in [0.3, 0.4) is 0 Å². The molecule has 0 aliphatic carbocycles. The zero-order valence-corrected chi connectivity index (χ0v) is 11.2. The second-order valence-corrected chi connectivity index (χ2v) is 4.29. The molecule has 1 amide bonds. The van der Waals surface area contributed by atoms with Crippen molar-refractivity contribution in [2.75, 3.05) is 11.4 Å². The molecule has 0 unspecified atom stereocenters. The van der Waals surface area contributed by atoms with Crippen molar-refractivity contribution < 1.29 is 4.79 Å². The maximum Gasteiger partial charge on any atom is 0.278 e.